The van der Waals surface area contributed by atoms with Crippen molar-refractivity contribution in [3.05, 3.63) is 42.1 Å². The van der Waals surface area contributed by atoms with Gasteiger partial charge in [-0.15, -0.1) is 0 Å². The van der Waals surface area contributed by atoms with Crippen molar-refractivity contribution in [1.82, 2.24) is 4.98 Å². The molecule has 0 saturated heterocycles. The van der Waals surface area contributed by atoms with E-state index in [1.165, 1.54) is 0 Å². The molecule has 1 atom stereocenters. The fraction of sp³-hybridized carbons (Fsp3) is 0.400. The Balaban J connectivity index is 2.17. The molecule has 146 valence electrons. The second-order valence-electron chi connectivity index (χ2n) is 7.03. The topological polar surface area (TPSA) is 95.7 Å². The Morgan fingerprint density at radius 3 is 2.59 bits per heavy atom. The molecule has 7 nitrogen and oxygen atoms in total. The molecule has 1 aromatic heterocycles. The predicted octanol–water partition coefficient (Wildman–Crippen LogP) is 4.55. The van der Waals surface area contributed by atoms with Crippen molar-refractivity contribution in [2.45, 2.75) is 45.8 Å². The highest BCUT2D eigenvalue weighted by molar-refractivity contribution is 5.83. The van der Waals surface area contributed by atoms with Gasteiger partial charge in [0.25, 0.3) is 0 Å². The van der Waals surface area contributed by atoms with Gasteiger partial charge in [0.1, 0.15) is 17.5 Å². The number of nitrogen functional groups attached to an aromatic ring is 1. The normalized spacial score (nSPS) is 12.2. The molecule has 2 rings (SSSR count). The van der Waals surface area contributed by atoms with E-state index in [9.17, 15) is 4.79 Å². The number of hydrogen-bond acceptors (Lipinski definition) is 6. The predicted molar refractivity (Wildman–Crippen MR) is 105 cm³/mol. The Morgan fingerprint density at radius 1 is 1.22 bits per heavy atom. The van der Waals surface area contributed by atoms with E-state index in [2.05, 4.69) is 10.3 Å². The monoisotopic (exact) mass is 373 g/mol. The van der Waals surface area contributed by atoms with Gasteiger partial charge in [0.05, 0.1) is 7.11 Å². The van der Waals surface area contributed by atoms with Gasteiger partial charge >= 0.3 is 6.09 Å². The van der Waals surface area contributed by atoms with Crippen LogP contribution >= 0.6 is 0 Å². The first kappa shape index (κ1) is 20.4. The average Bonchev–Trinajstić information content (AvgIpc) is 2.59. The number of nitrogens with two attached hydrogens (primary N) is 1. The third kappa shape index (κ3) is 6.06. The fourth-order valence-corrected chi connectivity index (χ4v) is 2.45. The molecule has 2 aromatic rings. The Bertz CT molecular complexity index is 787. The molecule has 3 N–H and O–H groups in total. The van der Waals surface area contributed by atoms with Crippen molar-refractivity contribution in [2.24, 2.45) is 0 Å². The zero-order valence-corrected chi connectivity index (χ0v) is 16.4. The molecule has 0 aliphatic heterocycles. The molecule has 0 aliphatic carbocycles. The molecule has 7 heteroatoms. The summed E-state index contributed by atoms with van der Waals surface area (Å²) < 4.78 is 16.7. The van der Waals surface area contributed by atoms with Crippen LogP contribution in [0.25, 0.3) is 0 Å². The lowest BCUT2D eigenvalue weighted by molar-refractivity contribution is 0.0635. The lowest BCUT2D eigenvalue weighted by atomic mass is 10.1. The van der Waals surface area contributed by atoms with Crippen LogP contribution in [0.3, 0.4) is 0 Å². The van der Waals surface area contributed by atoms with Crippen LogP contribution in [0.15, 0.2) is 36.5 Å². The van der Waals surface area contributed by atoms with Gasteiger partial charge in [-0.1, -0.05) is 6.92 Å². The standard InChI is InChI=1S/C20H27N3O4/c1-6-15(26-16-8-7-14(21)12-17(16)25-5)13-9-10-22-18(11-13)23-19(24)27-20(2,3)4/h7-12,15H,6,21H2,1-5H3,(H,22,23,24). The number of pyridine rings is 1. The Morgan fingerprint density at radius 2 is 1.96 bits per heavy atom. The molecule has 1 amide bonds. The van der Waals surface area contributed by atoms with Crippen LogP contribution in [-0.2, 0) is 4.74 Å². The summed E-state index contributed by atoms with van der Waals surface area (Å²) in [5.41, 5.74) is 6.68. The number of nitrogens with one attached hydrogen (secondary N) is 1. The minimum Gasteiger partial charge on any atom is -0.493 e. The highest BCUT2D eigenvalue weighted by atomic mass is 16.6. The first-order valence-electron chi connectivity index (χ1n) is 8.78. The third-order valence-corrected chi connectivity index (χ3v) is 3.61. The number of rotatable bonds is 6. The number of hydrogen-bond donors (Lipinski definition) is 2. The van der Waals surface area contributed by atoms with Crippen molar-refractivity contribution in [3.63, 3.8) is 0 Å². The summed E-state index contributed by atoms with van der Waals surface area (Å²) in [6.07, 6.45) is 1.53. The van der Waals surface area contributed by atoms with E-state index in [1.807, 2.05) is 13.0 Å². The molecule has 27 heavy (non-hydrogen) atoms. The van der Waals surface area contributed by atoms with Crippen LogP contribution in [-0.4, -0.2) is 23.8 Å². The summed E-state index contributed by atoms with van der Waals surface area (Å²) in [5.74, 6) is 1.56. The van der Waals surface area contributed by atoms with Gasteiger partial charge in [0.2, 0.25) is 0 Å². The number of ether oxygens (including phenoxy) is 3. The van der Waals surface area contributed by atoms with Gasteiger partial charge in [-0.2, -0.15) is 0 Å². The Hall–Kier alpha value is -2.96. The van der Waals surface area contributed by atoms with Gasteiger partial charge in [-0.25, -0.2) is 9.78 Å². The maximum absolute atomic E-state index is 12.0. The average molecular weight is 373 g/mol. The van der Waals surface area contributed by atoms with E-state index in [1.54, 1.807) is 58.3 Å². The molecular weight excluding hydrogens is 346 g/mol. The first-order valence-corrected chi connectivity index (χ1v) is 8.78. The SMILES string of the molecule is CCC(Oc1ccc(N)cc1OC)c1ccnc(NC(=O)OC(C)(C)C)c1. The number of amides is 1. The summed E-state index contributed by atoms with van der Waals surface area (Å²) in [6.45, 7) is 7.42. The van der Waals surface area contributed by atoms with Crippen LogP contribution < -0.4 is 20.5 Å². The lowest BCUT2D eigenvalue weighted by Crippen LogP contribution is -2.27. The molecule has 0 fully saturated rings. The van der Waals surface area contributed by atoms with Gasteiger partial charge in [-0.3, -0.25) is 5.32 Å². The van der Waals surface area contributed by atoms with E-state index in [0.29, 0.717) is 29.4 Å². The van der Waals surface area contributed by atoms with Crippen LogP contribution in [0.2, 0.25) is 0 Å². The van der Waals surface area contributed by atoms with Crippen molar-refractivity contribution in [3.8, 4) is 11.5 Å². The van der Waals surface area contributed by atoms with Gasteiger partial charge in [0.15, 0.2) is 11.5 Å². The van der Waals surface area contributed by atoms with Crippen molar-refractivity contribution in [2.75, 3.05) is 18.2 Å². The van der Waals surface area contributed by atoms with Crippen LogP contribution in [0, 0.1) is 0 Å². The minimum absolute atomic E-state index is 0.246. The maximum Gasteiger partial charge on any atom is 0.413 e. The number of anilines is 2. The highest BCUT2D eigenvalue weighted by Crippen LogP contribution is 2.34. The van der Waals surface area contributed by atoms with E-state index in [-0.39, 0.29) is 6.10 Å². The van der Waals surface area contributed by atoms with Crippen LogP contribution in [0.5, 0.6) is 11.5 Å². The lowest BCUT2D eigenvalue weighted by Gasteiger charge is -2.21. The molecular formula is C20H27N3O4. The van der Waals surface area contributed by atoms with Crippen molar-refractivity contribution in [1.29, 1.82) is 0 Å². The number of benzene rings is 1. The second-order valence-corrected chi connectivity index (χ2v) is 7.03. The molecule has 0 radical (unpaired) electrons. The molecule has 0 saturated carbocycles. The number of methoxy groups -OCH3 is 1. The molecule has 0 aliphatic rings. The van der Waals surface area contributed by atoms with E-state index in [4.69, 9.17) is 19.9 Å². The number of carbonyl (C=O) groups excluding carboxylic acids is 1. The quantitative estimate of drug-likeness (QED) is 0.721. The summed E-state index contributed by atoms with van der Waals surface area (Å²) >= 11 is 0. The third-order valence-electron chi connectivity index (χ3n) is 3.61. The van der Waals surface area contributed by atoms with Crippen LogP contribution in [0.1, 0.15) is 45.8 Å². The molecule has 0 spiro atoms. The molecule has 1 heterocycles. The van der Waals surface area contributed by atoms with E-state index < -0.39 is 11.7 Å². The second kappa shape index (κ2) is 8.62. The van der Waals surface area contributed by atoms with Gasteiger partial charge < -0.3 is 19.9 Å². The molecule has 1 aromatic carbocycles. The van der Waals surface area contributed by atoms with Crippen molar-refractivity contribution >= 4 is 17.6 Å². The van der Waals surface area contributed by atoms with Crippen molar-refractivity contribution < 1.29 is 19.0 Å². The smallest absolute Gasteiger partial charge is 0.413 e. The zero-order valence-electron chi connectivity index (χ0n) is 16.4. The van der Waals surface area contributed by atoms with Gasteiger partial charge in [0, 0.05) is 18.0 Å². The summed E-state index contributed by atoms with van der Waals surface area (Å²) in [6, 6.07) is 8.86. The maximum atomic E-state index is 12.0. The largest absolute Gasteiger partial charge is 0.493 e. The first-order chi connectivity index (χ1) is 12.7. The summed E-state index contributed by atoms with van der Waals surface area (Å²) in [7, 11) is 1.57. The molecule has 1 unspecified atom stereocenters. The zero-order chi connectivity index (χ0) is 20.0. The fourth-order valence-electron chi connectivity index (χ4n) is 2.45. The highest BCUT2D eigenvalue weighted by Gasteiger charge is 2.18. The van der Waals surface area contributed by atoms with Gasteiger partial charge in [-0.05, 0) is 57.0 Å². The molecule has 0 bridgehead atoms. The van der Waals surface area contributed by atoms with Crippen LogP contribution in [0.4, 0.5) is 16.3 Å². The Labute approximate surface area is 159 Å². The van der Waals surface area contributed by atoms with E-state index in [0.717, 1.165) is 5.56 Å². The number of nitrogens with zero attached hydrogens (tertiary/aromatic N) is 1. The Kier molecular flexibility index (Phi) is 6.50. The number of aromatic nitrogens is 1. The summed E-state index contributed by atoms with van der Waals surface area (Å²) in [5, 5.41) is 2.64. The minimum atomic E-state index is -0.581. The number of carbonyl (C=O) groups is 1. The van der Waals surface area contributed by atoms with E-state index >= 15 is 0 Å². The summed E-state index contributed by atoms with van der Waals surface area (Å²) in [4.78, 5) is 16.1.